The predicted octanol–water partition coefficient (Wildman–Crippen LogP) is 4.12. The van der Waals surface area contributed by atoms with Gasteiger partial charge in [-0.1, -0.05) is 27.7 Å². The molecular weight excluding hydrogens is 238 g/mol. The van der Waals surface area contributed by atoms with Crippen molar-refractivity contribution in [2.75, 3.05) is 0 Å². The minimum Gasteiger partial charge on any atom is -0.478 e. The summed E-state index contributed by atoms with van der Waals surface area (Å²) in [6.45, 7) is 8.45. The van der Waals surface area contributed by atoms with Crippen LogP contribution in [-0.4, -0.2) is 15.6 Å². The molecule has 0 saturated heterocycles. The third-order valence-corrected chi connectivity index (χ3v) is 3.65. The van der Waals surface area contributed by atoms with Crippen molar-refractivity contribution in [1.82, 2.24) is 4.57 Å². The van der Waals surface area contributed by atoms with Crippen LogP contribution in [0.5, 0.6) is 0 Å². The van der Waals surface area contributed by atoms with Crippen LogP contribution >= 0.6 is 0 Å². The number of aryl methyl sites for hydroxylation is 1. The van der Waals surface area contributed by atoms with E-state index in [0.29, 0.717) is 17.4 Å². The summed E-state index contributed by atoms with van der Waals surface area (Å²) in [5.41, 5.74) is 3.51. The standard InChI is InChI=1S/C16H21NO2/c1-9(2)11-6-12-14(10(3)4)8-17(5)15(12)13(7-11)16(18)19/h6-10H,1-5H3,(H,18,19). The highest BCUT2D eigenvalue weighted by Gasteiger charge is 2.18. The lowest BCUT2D eigenvalue weighted by Crippen LogP contribution is -2.02. The molecule has 0 spiro atoms. The van der Waals surface area contributed by atoms with Crippen LogP contribution in [0, 0.1) is 0 Å². The minimum absolute atomic E-state index is 0.322. The van der Waals surface area contributed by atoms with E-state index in [1.54, 1.807) is 6.07 Å². The van der Waals surface area contributed by atoms with E-state index in [-0.39, 0.29) is 0 Å². The SMILES string of the molecule is CC(C)c1cc(C(=O)O)c2c(c1)c(C(C)C)cn2C. The smallest absolute Gasteiger partial charge is 0.337 e. The zero-order valence-electron chi connectivity index (χ0n) is 12.2. The first-order chi connectivity index (χ1) is 8.82. The van der Waals surface area contributed by atoms with Gasteiger partial charge < -0.3 is 9.67 Å². The van der Waals surface area contributed by atoms with E-state index in [4.69, 9.17) is 0 Å². The van der Waals surface area contributed by atoms with E-state index >= 15 is 0 Å². The predicted molar refractivity (Wildman–Crippen MR) is 78.1 cm³/mol. The van der Waals surface area contributed by atoms with Gasteiger partial charge in [-0.3, -0.25) is 0 Å². The van der Waals surface area contributed by atoms with E-state index in [2.05, 4.69) is 33.8 Å². The van der Waals surface area contributed by atoms with Crippen molar-refractivity contribution in [3.63, 3.8) is 0 Å². The molecular formula is C16H21NO2. The van der Waals surface area contributed by atoms with Crippen LogP contribution in [0.25, 0.3) is 10.9 Å². The zero-order valence-corrected chi connectivity index (χ0v) is 12.2. The summed E-state index contributed by atoms with van der Waals surface area (Å²) in [6, 6.07) is 3.95. The molecule has 1 N–H and O–H groups in total. The summed E-state index contributed by atoms with van der Waals surface area (Å²) in [6.07, 6.45) is 2.05. The lowest BCUT2D eigenvalue weighted by atomic mass is 9.94. The summed E-state index contributed by atoms with van der Waals surface area (Å²) in [7, 11) is 1.91. The van der Waals surface area contributed by atoms with Gasteiger partial charge >= 0.3 is 5.97 Å². The average Bonchev–Trinajstić information content (AvgIpc) is 2.65. The van der Waals surface area contributed by atoms with Gasteiger partial charge in [0.1, 0.15) is 0 Å². The van der Waals surface area contributed by atoms with Crippen molar-refractivity contribution in [2.24, 2.45) is 7.05 Å². The summed E-state index contributed by atoms with van der Waals surface area (Å²) in [5.74, 6) is -0.153. The summed E-state index contributed by atoms with van der Waals surface area (Å²) >= 11 is 0. The van der Waals surface area contributed by atoms with Crippen LogP contribution in [0.4, 0.5) is 0 Å². The monoisotopic (exact) mass is 259 g/mol. The van der Waals surface area contributed by atoms with Crippen LogP contribution in [0.2, 0.25) is 0 Å². The van der Waals surface area contributed by atoms with Crippen LogP contribution < -0.4 is 0 Å². The molecule has 3 nitrogen and oxygen atoms in total. The maximum Gasteiger partial charge on any atom is 0.337 e. The molecule has 2 aromatic rings. The Kier molecular flexibility index (Phi) is 3.40. The van der Waals surface area contributed by atoms with E-state index in [1.807, 2.05) is 17.8 Å². The molecule has 0 bridgehead atoms. The highest BCUT2D eigenvalue weighted by Crippen LogP contribution is 2.32. The molecule has 102 valence electrons. The number of carboxylic acid groups (broad SMARTS) is 1. The van der Waals surface area contributed by atoms with Crippen molar-refractivity contribution in [1.29, 1.82) is 0 Å². The van der Waals surface area contributed by atoms with E-state index in [0.717, 1.165) is 16.5 Å². The van der Waals surface area contributed by atoms with Crippen molar-refractivity contribution < 1.29 is 9.90 Å². The Hall–Kier alpha value is -1.77. The van der Waals surface area contributed by atoms with Gasteiger partial charge in [0.2, 0.25) is 0 Å². The Balaban J connectivity index is 2.88. The van der Waals surface area contributed by atoms with Crippen molar-refractivity contribution in [2.45, 2.75) is 39.5 Å². The molecule has 0 saturated carbocycles. The number of fused-ring (bicyclic) bond motifs is 1. The Morgan fingerprint density at radius 3 is 2.26 bits per heavy atom. The van der Waals surface area contributed by atoms with Crippen molar-refractivity contribution in [3.05, 3.63) is 35.0 Å². The first kappa shape index (κ1) is 13.7. The third kappa shape index (κ3) is 2.25. The van der Waals surface area contributed by atoms with Crippen LogP contribution in [0.3, 0.4) is 0 Å². The lowest BCUT2D eigenvalue weighted by molar-refractivity contribution is 0.0698. The van der Waals surface area contributed by atoms with Gasteiger partial charge in [0, 0.05) is 18.6 Å². The number of nitrogens with zero attached hydrogens (tertiary/aromatic N) is 1. The third-order valence-electron chi connectivity index (χ3n) is 3.65. The van der Waals surface area contributed by atoms with Gasteiger partial charge in [0.25, 0.3) is 0 Å². The van der Waals surface area contributed by atoms with E-state index in [9.17, 15) is 9.90 Å². The topological polar surface area (TPSA) is 42.2 Å². The molecule has 1 aromatic carbocycles. The Morgan fingerprint density at radius 2 is 1.79 bits per heavy atom. The van der Waals surface area contributed by atoms with E-state index in [1.165, 1.54) is 5.56 Å². The molecule has 2 rings (SSSR count). The number of hydrogen-bond donors (Lipinski definition) is 1. The molecule has 0 amide bonds. The van der Waals surface area contributed by atoms with Crippen molar-refractivity contribution in [3.8, 4) is 0 Å². The molecule has 0 atom stereocenters. The maximum atomic E-state index is 11.5. The number of aromatic carboxylic acids is 1. The maximum absolute atomic E-state index is 11.5. The van der Waals surface area contributed by atoms with Gasteiger partial charge in [-0.25, -0.2) is 4.79 Å². The first-order valence-electron chi connectivity index (χ1n) is 6.69. The average molecular weight is 259 g/mol. The molecule has 3 heteroatoms. The second-order valence-corrected chi connectivity index (χ2v) is 5.77. The molecule has 1 aromatic heterocycles. The quantitative estimate of drug-likeness (QED) is 0.900. The summed E-state index contributed by atoms with van der Waals surface area (Å²) < 4.78 is 1.93. The largest absolute Gasteiger partial charge is 0.478 e. The normalized spacial score (nSPS) is 11.7. The summed E-state index contributed by atoms with van der Waals surface area (Å²) in [5, 5.41) is 10.5. The Labute approximate surface area is 113 Å². The van der Waals surface area contributed by atoms with Crippen LogP contribution in [-0.2, 0) is 7.05 Å². The molecule has 0 aliphatic carbocycles. The minimum atomic E-state index is -0.857. The fourth-order valence-corrected chi connectivity index (χ4v) is 2.56. The fraction of sp³-hybridized carbons (Fsp3) is 0.438. The Bertz CT molecular complexity index is 636. The number of carboxylic acids is 1. The highest BCUT2D eigenvalue weighted by atomic mass is 16.4. The lowest BCUT2D eigenvalue weighted by Gasteiger charge is -2.10. The number of benzene rings is 1. The van der Waals surface area contributed by atoms with E-state index < -0.39 is 5.97 Å². The molecule has 0 fully saturated rings. The second kappa shape index (κ2) is 4.72. The number of carbonyl (C=O) groups is 1. The van der Waals surface area contributed by atoms with Crippen LogP contribution in [0.1, 0.15) is 61.0 Å². The number of hydrogen-bond acceptors (Lipinski definition) is 1. The van der Waals surface area contributed by atoms with Gasteiger partial charge in [-0.15, -0.1) is 0 Å². The zero-order chi connectivity index (χ0) is 14.3. The second-order valence-electron chi connectivity index (χ2n) is 5.77. The Morgan fingerprint density at radius 1 is 1.16 bits per heavy atom. The summed E-state index contributed by atoms with van der Waals surface area (Å²) in [4.78, 5) is 11.5. The van der Waals surface area contributed by atoms with Gasteiger partial charge in [-0.05, 0) is 35.1 Å². The van der Waals surface area contributed by atoms with Gasteiger partial charge in [-0.2, -0.15) is 0 Å². The van der Waals surface area contributed by atoms with Gasteiger partial charge in [0.15, 0.2) is 0 Å². The van der Waals surface area contributed by atoms with Gasteiger partial charge in [0.05, 0.1) is 11.1 Å². The number of aromatic nitrogens is 1. The fourth-order valence-electron chi connectivity index (χ4n) is 2.56. The number of rotatable bonds is 3. The molecule has 19 heavy (non-hydrogen) atoms. The first-order valence-corrected chi connectivity index (χ1v) is 6.69. The molecule has 1 heterocycles. The molecule has 0 radical (unpaired) electrons. The van der Waals surface area contributed by atoms with Crippen LogP contribution in [0.15, 0.2) is 18.3 Å². The highest BCUT2D eigenvalue weighted by molar-refractivity contribution is 6.04. The molecule has 0 aliphatic rings. The molecule has 0 unspecified atom stereocenters. The molecule has 0 aliphatic heterocycles. The van der Waals surface area contributed by atoms with Crippen molar-refractivity contribution >= 4 is 16.9 Å².